The molecule has 0 heterocycles. The maximum absolute atomic E-state index is 12.2. The van der Waals surface area contributed by atoms with E-state index in [2.05, 4.69) is 38.4 Å². The summed E-state index contributed by atoms with van der Waals surface area (Å²) in [5, 5.41) is 6.42. The molecule has 0 radical (unpaired) electrons. The van der Waals surface area contributed by atoms with E-state index in [9.17, 15) is 14.4 Å². The molecule has 0 bridgehead atoms. The van der Waals surface area contributed by atoms with Crippen molar-refractivity contribution in [1.82, 2.24) is 10.7 Å². The molecule has 2 amide bonds. The van der Waals surface area contributed by atoms with Gasteiger partial charge in [0, 0.05) is 3.57 Å². The summed E-state index contributed by atoms with van der Waals surface area (Å²) in [7, 11) is 1.55. The Morgan fingerprint density at radius 3 is 2.27 bits per heavy atom. The zero-order chi connectivity index (χ0) is 23.6. The summed E-state index contributed by atoms with van der Waals surface area (Å²) >= 11 is 2.06. The lowest BCUT2D eigenvalue weighted by atomic mass is 10.2. The number of ether oxygens (including phenoxy) is 2. The first-order valence-corrected chi connectivity index (χ1v) is 10.8. The van der Waals surface area contributed by atoms with Crippen molar-refractivity contribution in [3.63, 3.8) is 0 Å². The van der Waals surface area contributed by atoms with E-state index in [-0.39, 0.29) is 12.5 Å². The first kappa shape index (κ1) is 23.9. The second-order valence-electron chi connectivity index (χ2n) is 6.64. The number of rotatable bonds is 8. The maximum atomic E-state index is 12.2. The van der Waals surface area contributed by atoms with Gasteiger partial charge in [-0.3, -0.25) is 9.59 Å². The normalized spacial score (nSPS) is 10.5. The molecule has 0 aliphatic carbocycles. The van der Waals surface area contributed by atoms with Crippen LogP contribution >= 0.6 is 22.6 Å². The van der Waals surface area contributed by atoms with Gasteiger partial charge in [-0.1, -0.05) is 12.1 Å². The summed E-state index contributed by atoms with van der Waals surface area (Å²) in [5.41, 5.74) is 3.93. The van der Waals surface area contributed by atoms with Crippen LogP contribution in [0.3, 0.4) is 0 Å². The highest BCUT2D eigenvalue weighted by Crippen LogP contribution is 2.16. The van der Waals surface area contributed by atoms with Crippen LogP contribution in [0.15, 0.2) is 77.9 Å². The van der Waals surface area contributed by atoms with Crippen molar-refractivity contribution in [3.8, 4) is 11.5 Å². The number of hydrazone groups is 1. The second kappa shape index (κ2) is 11.8. The van der Waals surface area contributed by atoms with Gasteiger partial charge in [-0.05, 0) is 88.8 Å². The number of carbonyl (C=O) groups is 3. The van der Waals surface area contributed by atoms with Crippen molar-refractivity contribution in [3.05, 3.63) is 93.1 Å². The molecule has 2 N–H and O–H groups in total. The molecule has 0 unspecified atom stereocenters. The van der Waals surface area contributed by atoms with E-state index in [1.807, 2.05) is 12.1 Å². The predicted octanol–water partition coefficient (Wildman–Crippen LogP) is 3.40. The molecule has 0 saturated heterocycles. The van der Waals surface area contributed by atoms with Gasteiger partial charge in [0.2, 0.25) is 0 Å². The Morgan fingerprint density at radius 1 is 0.939 bits per heavy atom. The van der Waals surface area contributed by atoms with Crippen LogP contribution in [0.2, 0.25) is 0 Å². The van der Waals surface area contributed by atoms with Crippen molar-refractivity contribution >= 4 is 46.6 Å². The van der Waals surface area contributed by atoms with Crippen LogP contribution in [0, 0.1) is 3.57 Å². The maximum Gasteiger partial charge on any atom is 0.343 e. The number of esters is 1. The molecule has 0 aromatic heterocycles. The molecule has 3 aromatic rings. The second-order valence-corrected chi connectivity index (χ2v) is 7.80. The van der Waals surface area contributed by atoms with Gasteiger partial charge in [-0.15, -0.1) is 0 Å². The molecular formula is C24H20IN3O5. The first-order chi connectivity index (χ1) is 16.0. The highest BCUT2D eigenvalue weighted by Gasteiger charge is 2.11. The summed E-state index contributed by atoms with van der Waals surface area (Å²) in [6.07, 6.45) is 1.44. The number of hydrogen-bond acceptors (Lipinski definition) is 6. The van der Waals surface area contributed by atoms with Crippen LogP contribution < -0.4 is 20.2 Å². The number of halogens is 1. The fraction of sp³-hybridized carbons (Fsp3) is 0.0833. The topological polar surface area (TPSA) is 106 Å². The molecule has 33 heavy (non-hydrogen) atoms. The quantitative estimate of drug-likeness (QED) is 0.145. The largest absolute Gasteiger partial charge is 0.497 e. The zero-order valence-electron chi connectivity index (χ0n) is 17.6. The van der Waals surface area contributed by atoms with Crippen LogP contribution in [0.25, 0.3) is 0 Å². The van der Waals surface area contributed by atoms with E-state index in [0.29, 0.717) is 28.2 Å². The molecular weight excluding hydrogens is 537 g/mol. The van der Waals surface area contributed by atoms with Crippen LogP contribution in [0.1, 0.15) is 26.3 Å². The number of methoxy groups -OCH3 is 1. The summed E-state index contributed by atoms with van der Waals surface area (Å²) in [6, 6.07) is 20.3. The molecule has 3 rings (SSSR count). The van der Waals surface area contributed by atoms with Gasteiger partial charge in [0.05, 0.1) is 31.0 Å². The number of nitrogens with zero attached hydrogens (tertiary/aromatic N) is 1. The minimum absolute atomic E-state index is 0.207. The summed E-state index contributed by atoms with van der Waals surface area (Å²) in [4.78, 5) is 36.2. The van der Waals surface area contributed by atoms with Gasteiger partial charge in [0.25, 0.3) is 11.8 Å². The van der Waals surface area contributed by atoms with E-state index in [4.69, 9.17) is 9.47 Å². The molecule has 0 spiro atoms. The minimum atomic E-state index is -0.487. The van der Waals surface area contributed by atoms with Crippen molar-refractivity contribution in [2.24, 2.45) is 5.10 Å². The minimum Gasteiger partial charge on any atom is -0.497 e. The SMILES string of the molecule is COc1ccc(C(=O)Oc2ccc(/C=N/NC(=O)CNC(=O)c3ccccc3I)cc2)cc1. The lowest BCUT2D eigenvalue weighted by Crippen LogP contribution is -2.35. The Bertz CT molecular complexity index is 1160. The summed E-state index contributed by atoms with van der Waals surface area (Å²) in [6.45, 7) is -0.207. The van der Waals surface area contributed by atoms with Gasteiger partial charge < -0.3 is 14.8 Å². The highest BCUT2D eigenvalue weighted by atomic mass is 127. The third-order valence-electron chi connectivity index (χ3n) is 4.35. The Labute approximate surface area is 204 Å². The van der Waals surface area contributed by atoms with Gasteiger partial charge in [0.15, 0.2) is 0 Å². The Morgan fingerprint density at radius 2 is 1.61 bits per heavy atom. The molecule has 0 aliphatic heterocycles. The van der Waals surface area contributed by atoms with Crippen LogP contribution in [0.5, 0.6) is 11.5 Å². The van der Waals surface area contributed by atoms with E-state index >= 15 is 0 Å². The molecule has 0 saturated carbocycles. The first-order valence-electron chi connectivity index (χ1n) is 9.77. The highest BCUT2D eigenvalue weighted by molar-refractivity contribution is 14.1. The Hall–Kier alpha value is -3.73. The van der Waals surface area contributed by atoms with Crippen LogP contribution in [-0.4, -0.2) is 37.7 Å². The average Bonchev–Trinajstić information content (AvgIpc) is 2.84. The van der Waals surface area contributed by atoms with E-state index < -0.39 is 11.9 Å². The van der Waals surface area contributed by atoms with Gasteiger partial charge in [0.1, 0.15) is 11.5 Å². The summed E-state index contributed by atoms with van der Waals surface area (Å²) in [5.74, 6) is -0.265. The molecule has 8 nitrogen and oxygen atoms in total. The number of nitrogens with one attached hydrogen (secondary N) is 2. The van der Waals surface area contributed by atoms with Crippen LogP contribution in [0.4, 0.5) is 0 Å². The van der Waals surface area contributed by atoms with Crippen molar-refractivity contribution < 1.29 is 23.9 Å². The average molecular weight is 557 g/mol. The van der Waals surface area contributed by atoms with Gasteiger partial charge in [-0.2, -0.15) is 5.10 Å². The van der Waals surface area contributed by atoms with Crippen LogP contribution in [-0.2, 0) is 4.79 Å². The third-order valence-corrected chi connectivity index (χ3v) is 5.29. The number of amides is 2. The van der Waals surface area contributed by atoms with Gasteiger partial charge in [-0.25, -0.2) is 10.2 Å². The molecule has 0 aliphatic rings. The monoisotopic (exact) mass is 557 g/mol. The van der Waals surface area contributed by atoms with E-state index in [0.717, 1.165) is 3.57 Å². The molecule has 9 heteroatoms. The summed E-state index contributed by atoms with van der Waals surface area (Å²) < 4.78 is 11.2. The van der Waals surface area contributed by atoms with Crippen molar-refractivity contribution in [2.45, 2.75) is 0 Å². The predicted molar refractivity (Wildman–Crippen MR) is 132 cm³/mol. The fourth-order valence-electron chi connectivity index (χ4n) is 2.63. The van der Waals surface area contributed by atoms with E-state index in [1.54, 1.807) is 67.8 Å². The standard InChI is InChI=1S/C24H20IN3O5/c1-32-18-12-8-17(9-13-18)24(31)33-19-10-6-16(7-11-19)14-27-28-22(29)15-26-23(30)20-4-2-3-5-21(20)25/h2-14H,15H2,1H3,(H,26,30)(H,28,29)/b27-14+. The number of hydrogen-bond donors (Lipinski definition) is 2. The van der Waals surface area contributed by atoms with E-state index in [1.165, 1.54) is 6.21 Å². The Kier molecular flexibility index (Phi) is 8.53. The van der Waals surface area contributed by atoms with Gasteiger partial charge >= 0.3 is 5.97 Å². The lowest BCUT2D eigenvalue weighted by Gasteiger charge is -2.06. The van der Waals surface area contributed by atoms with Crippen molar-refractivity contribution in [1.29, 1.82) is 0 Å². The third kappa shape index (κ3) is 7.14. The Balaban J connectivity index is 1.45. The van der Waals surface area contributed by atoms with Crippen molar-refractivity contribution in [2.75, 3.05) is 13.7 Å². The fourth-order valence-corrected chi connectivity index (χ4v) is 3.27. The zero-order valence-corrected chi connectivity index (χ0v) is 19.7. The molecule has 0 atom stereocenters. The molecule has 3 aromatic carbocycles. The molecule has 168 valence electrons. The smallest absolute Gasteiger partial charge is 0.343 e. The lowest BCUT2D eigenvalue weighted by molar-refractivity contribution is -0.120. The molecule has 0 fully saturated rings. The number of benzene rings is 3. The number of carbonyl (C=O) groups excluding carboxylic acids is 3.